The van der Waals surface area contributed by atoms with E-state index in [1.54, 1.807) is 6.07 Å². The lowest BCUT2D eigenvalue weighted by Gasteiger charge is -2.09. The van der Waals surface area contributed by atoms with Crippen molar-refractivity contribution in [2.24, 2.45) is 0 Å². The van der Waals surface area contributed by atoms with E-state index in [2.05, 4.69) is 9.97 Å². The zero-order chi connectivity index (χ0) is 12.3. The van der Waals surface area contributed by atoms with E-state index in [-0.39, 0.29) is 17.4 Å². The van der Waals surface area contributed by atoms with E-state index in [4.69, 9.17) is 15.2 Å². The number of ether oxygens (including phenoxy) is 2. The van der Waals surface area contributed by atoms with Crippen molar-refractivity contribution in [3.05, 3.63) is 36.4 Å². The van der Waals surface area contributed by atoms with Crippen molar-refractivity contribution in [1.29, 1.82) is 0 Å². The molecule has 0 aliphatic carbocycles. The predicted octanol–water partition coefficient (Wildman–Crippen LogP) is 2.00. The summed E-state index contributed by atoms with van der Waals surface area (Å²) in [7, 11) is 1.42. The maximum atomic E-state index is 13.0. The SMILES string of the molecule is COc1c(N)ncnc1Oc1cccc(F)c1. The lowest BCUT2D eigenvalue weighted by molar-refractivity contribution is 0.368. The molecule has 88 valence electrons. The summed E-state index contributed by atoms with van der Waals surface area (Å²) in [5.41, 5.74) is 5.59. The van der Waals surface area contributed by atoms with Crippen LogP contribution in [0.25, 0.3) is 0 Å². The largest absolute Gasteiger partial charge is 0.489 e. The average Bonchev–Trinajstić information content (AvgIpc) is 2.29. The molecule has 0 saturated heterocycles. The zero-order valence-corrected chi connectivity index (χ0v) is 9.05. The highest BCUT2D eigenvalue weighted by Crippen LogP contribution is 2.32. The summed E-state index contributed by atoms with van der Waals surface area (Å²) in [6.07, 6.45) is 1.24. The van der Waals surface area contributed by atoms with Crippen molar-refractivity contribution in [2.45, 2.75) is 0 Å². The molecule has 0 fully saturated rings. The monoisotopic (exact) mass is 235 g/mol. The Morgan fingerprint density at radius 3 is 2.82 bits per heavy atom. The highest BCUT2D eigenvalue weighted by Gasteiger charge is 2.11. The van der Waals surface area contributed by atoms with Crippen molar-refractivity contribution < 1.29 is 13.9 Å². The summed E-state index contributed by atoms with van der Waals surface area (Å²) in [6, 6.07) is 5.68. The molecule has 0 aliphatic rings. The van der Waals surface area contributed by atoms with Crippen LogP contribution < -0.4 is 15.2 Å². The maximum absolute atomic E-state index is 13.0. The van der Waals surface area contributed by atoms with Crippen molar-refractivity contribution in [3.8, 4) is 17.4 Å². The van der Waals surface area contributed by atoms with Gasteiger partial charge in [0.15, 0.2) is 5.82 Å². The minimum Gasteiger partial charge on any atom is -0.489 e. The molecule has 0 bridgehead atoms. The number of aromatic nitrogens is 2. The van der Waals surface area contributed by atoms with Gasteiger partial charge in [0.25, 0.3) is 5.88 Å². The molecule has 1 heterocycles. The molecular weight excluding hydrogens is 225 g/mol. The molecule has 1 aromatic heterocycles. The van der Waals surface area contributed by atoms with E-state index in [9.17, 15) is 4.39 Å². The number of hydrogen-bond donors (Lipinski definition) is 1. The third-order valence-electron chi connectivity index (χ3n) is 2.01. The Kier molecular flexibility index (Phi) is 3.04. The van der Waals surface area contributed by atoms with Gasteiger partial charge in [0.1, 0.15) is 17.9 Å². The number of nitrogens with zero attached hydrogens (tertiary/aromatic N) is 2. The van der Waals surface area contributed by atoms with E-state index >= 15 is 0 Å². The van der Waals surface area contributed by atoms with Crippen molar-refractivity contribution >= 4 is 5.82 Å². The molecule has 6 heteroatoms. The Balaban J connectivity index is 2.33. The molecule has 2 N–H and O–H groups in total. The zero-order valence-electron chi connectivity index (χ0n) is 9.05. The van der Waals surface area contributed by atoms with Crippen LogP contribution in [0, 0.1) is 5.82 Å². The fourth-order valence-corrected chi connectivity index (χ4v) is 1.28. The van der Waals surface area contributed by atoms with E-state index in [1.165, 1.54) is 31.6 Å². The molecule has 0 atom stereocenters. The summed E-state index contributed by atoms with van der Waals surface area (Å²) in [5.74, 6) is 0.432. The molecule has 2 rings (SSSR count). The molecular formula is C11H10FN3O2. The van der Waals surface area contributed by atoms with Gasteiger partial charge in [0, 0.05) is 6.07 Å². The first-order valence-corrected chi connectivity index (χ1v) is 4.78. The second-order valence-electron chi connectivity index (χ2n) is 3.16. The first-order valence-electron chi connectivity index (χ1n) is 4.78. The van der Waals surface area contributed by atoms with Crippen molar-refractivity contribution in [2.75, 3.05) is 12.8 Å². The normalized spacial score (nSPS) is 10.0. The smallest absolute Gasteiger partial charge is 0.268 e. The Bertz CT molecular complexity index is 534. The van der Waals surface area contributed by atoms with Crippen LogP contribution in [-0.4, -0.2) is 17.1 Å². The number of nitrogen functional groups attached to an aromatic ring is 1. The first-order chi connectivity index (χ1) is 8.20. The Morgan fingerprint density at radius 1 is 1.29 bits per heavy atom. The second kappa shape index (κ2) is 4.65. The molecule has 0 unspecified atom stereocenters. The second-order valence-corrected chi connectivity index (χ2v) is 3.16. The standard InChI is InChI=1S/C11H10FN3O2/c1-16-9-10(13)14-6-15-11(9)17-8-4-2-3-7(12)5-8/h2-6H,1H3,(H2,13,14,15). The molecule has 0 spiro atoms. The molecule has 0 amide bonds. The minimum absolute atomic E-state index is 0.144. The molecule has 1 aromatic carbocycles. The van der Waals surface area contributed by atoms with Crippen LogP contribution in [0.5, 0.6) is 17.4 Å². The van der Waals surface area contributed by atoms with Crippen LogP contribution in [0.2, 0.25) is 0 Å². The third-order valence-corrected chi connectivity index (χ3v) is 2.01. The van der Waals surface area contributed by atoms with Gasteiger partial charge in [-0.15, -0.1) is 0 Å². The van der Waals surface area contributed by atoms with Gasteiger partial charge in [-0.3, -0.25) is 0 Å². The lowest BCUT2D eigenvalue weighted by Crippen LogP contribution is -2.00. The summed E-state index contributed by atoms with van der Waals surface area (Å²) in [4.78, 5) is 7.63. The number of nitrogens with two attached hydrogens (primary N) is 1. The summed E-state index contributed by atoms with van der Waals surface area (Å²) >= 11 is 0. The molecule has 0 radical (unpaired) electrons. The van der Waals surface area contributed by atoms with Crippen LogP contribution >= 0.6 is 0 Å². The lowest BCUT2D eigenvalue weighted by atomic mass is 10.3. The number of anilines is 1. The van der Waals surface area contributed by atoms with E-state index in [0.29, 0.717) is 5.75 Å². The average molecular weight is 235 g/mol. The molecule has 5 nitrogen and oxygen atoms in total. The first kappa shape index (κ1) is 11.1. The number of benzene rings is 1. The third kappa shape index (κ3) is 2.41. The number of halogens is 1. The van der Waals surface area contributed by atoms with Crippen LogP contribution in [0.1, 0.15) is 0 Å². The van der Waals surface area contributed by atoms with Crippen molar-refractivity contribution in [3.63, 3.8) is 0 Å². The molecule has 0 saturated carbocycles. The fraction of sp³-hybridized carbons (Fsp3) is 0.0909. The van der Waals surface area contributed by atoms with Crippen LogP contribution in [-0.2, 0) is 0 Å². The molecule has 17 heavy (non-hydrogen) atoms. The van der Waals surface area contributed by atoms with Crippen LogP contribution in [0.3, 0.4) is 0 Å². The number of hydrogen-bond acceptors (Lipinski definition) is 5. The van der Waals surface area contributed by atoms with Gasteiger partial charge in [-0.1, -0.05) is 6.07 Å². The highest BCUT2D eigenvalue weighted by molar-refractivity contribution is 5.52. The van der Waals surface area contributed by atoms with Gasteiger partial charge in [0.2, 0.25) is 5.75 Å². The van der Waals surface area contributed by atoms with E-state index in [1.807, 2.05) is 0 Å². The molecule has 2 aromatic rings. The van der Waals surface area contributed by atoms with Gasteiger partial charge < -0.3 is 15.2 Å². The number of rotatable bonds is 3. The highest BCUT2D eigenvalue weighted by atomic mass is 19.1. The summed E-state index contributed by atoms with van der Waals surface area (Å²) in [6.45, 7) is 0. The van der Waals surface area contributed by atoms with Gasteiger partial charge >= 0.3 is 0 Å². The Morgan fingerprint density at radius 2 is 2.12 bits per heavy atom. The van der Waals surface area contributed by atoms with Crippen LogP contribution in [0.15, 0.2) is 30.6 Å². The van der Waals surface area contributed by atoms with Crippen LogP contribution in [0.4, 0.5) is 10.2 Å². The topological polar surface area (TPSA) is 70.3 Å². The quantitative estimate of drug-likeness (QED) is 0.881. The van der Waals surface area contributed by atoms with E-state index < -0.39 is 5.82 Å². The van der Waals surface area contributed by atoms with Gasteiger partial charge in [-0.05, 0) is 12.1 Å². The number of methoxy groups -OCH3 is 1. The Labute approximate surface area is 97.0 Å². The Hall–Kier alpha value is -2.37. The predicted molar refractivity (Wildman–Crippen MR) is 59.5 cm³/mol. The van der Waals surface area contributed by atoms with Crippen molar-refractivity contribution in [1.82, 2.24) is 9.97 Å². The van der Waals surface area contributed by atoms with Gasteiger partial charge in [0.05, 0.1) is 7.11 Å². The fourth-order valence-electron chi connectivity index (χ4n) is 1.28. The molecule has 0 aliphatic heterocycles. The van der Waals surface area contributed by atoms with E-state index in [0.717, 1.165) is 0 Å². The summed E-state index contributed by atoms with van der Waals surface area (Å²) in [5, 5.41) is 0. The van der Waals surface area contributed by atoms with Gasteiger partial charge in [-0.2, -0.15) is 4.98 Å². The minimum atomic E-state index is -0.400. The maximum Gasteiger partial charge on any atom is 0.268 e. The summed E-state index contributed by atoms with van der Waals surface area (Å²) < 4.78 is 23.3. The van der Waals surface area contributed by atoms with Gasteiger partial charge in [-0.25, -0.2) is 9.37 Å².